The van der Waals surface area contributed by atoms with E-state index >= 15 is 0 Å². The second kappa shape index (κ2) is 11.1. The summed E-state index contributed by atoms with van der Waals surface area (Å²) in [6, 6.07) is 12.0. The Hall–Kier alpha value is -2.54. The molecule has 4 rings (SSSR count). The zero-order valence-electron chi connectivity index (χ0n) is 21.9. The molecule has 2 aliphatic carbocycles. The van der Waals surface area contributed by atoms with Gasteiger partial charge in [0.2, 0.25) is 0 Å². The van der Waals surface area contributed by atoms with Gasteiger partial charge in [-0.2, -0.15) is 13.2 Å². The quantitative estimate of drug-likeness (QED) is 0.395. The van der Waals surface area contributed by atoms with Gasteiger partial charge in [-0.1, -0.05) is 45.0 Å². The molecule has 202 valence electrons. The molecule has 4 nitrogen and oxygen atoms in total. The van der Waals surface area contributed by atoms with E-state index in [1.54, 1.807) is 6.07 Å². The summed E-state index contributed by atoms with van der Waals surface area (Å²) >= 11 is 0. The number of halogens is 3. The van der Waals surface area contributed by atoms with Gasteiger partial charge in [-0.15, -0.1) is 0 Å². The Morgan fingerprint density at radius 2 is 1.68 bits per heavy atom. The molecule has 0 aromatic heterocycles. The van der Waals surface area contributed by atoms with Crippen LogP contribution in [0, 0.1) is 17.3 Å². The minimum absolute atomic E-state index is 0.0949. The number of alkyl halides is 3. The van der Waals surface area contributed by atoms with Crippen molar-refractivity contribution in [2.75, 3.05) is 0 Å². The van der Waals surface area contributed by atoms with Crippen LogP contribution in [0.15, 0.2) is 42.5 Å². The lowest BCUT2D eigenvalue weighted by molar-refractivity contribution is -0.141. The lowest BCUT2D eigenvalue weighted by Gasteiger charge is -2.37. The van der Waals surface area contributed by atoms with Crippen LogP contribution in [0.3, 0.4) is 0 Å². The third-order valence-electron chi connectivity index (χ3n) is 8.11. The van der Waals surface area contributed by atoms with Crippen LogP contribution in [0.1, 0.15) is 76.8 Å². The van der Waals surface area contributed by atoms with E-state index < -0.39 is 17.7 Å². The third-order valence-corrected chi connectivity index (χ3v) is 8.11. The minimum atomic E-state index is -4.52. The number of carbonyl (C=O) groups is 1. The molecule has 2 aromatic carbocycles. The number of carboxylic acid groups (broad SMARTS) is 1. The molecule has 2 fully saturated rings. The van der Waals surface area contributed by atoms with Crippen molar-refractivity contribution in [3.8, 4) is 16.9 Å². The minimum Gasteiger partial charge on any atom is -0.490 e. The van der Waals surface area contributed by atoms with Gasteiger partial charge in [0, 0.05) is 12.6 Å². The van der Waals surface area contributed by atoms with Crippen LogP contribution in [-0.2, 0) is 17.5 Å². The molecule has 0 amide bonds. The summed E-state index contributed by atoms with van der Waals surface area (Å²) in [6.07, 6.45) is 0.827. The van der Waals surface area contributed by atoms with Gasteiger partial charge in [-0.25, -0.2) is 0 Å². The summed E-state index contributed by atoms with van der Waals surface area (Å²) in [5, 5.41) is 12.6. The SMILES string of the molecule is CC(C)(C)C1CCC(Oc2ccc(-c3cccc(CNC4CCC(C(=O)O)C4)c3)cc2C(F)(F)F)CC1. The maximum atomic E-state index is 14.0. The van der Waals surface area contributed by atoms with E-state index in [-0.39, 0.29) is 29.2 Å². The highest BCUT2D eigenvalue weighted by molar-refractivity contribution is 5.70. The van der Waals surface area contributed by atoms with Crippen molar-refractivity contribution in [1.29, 1.82) is 0 Å². The number of carboxylic acids is 1. The normalized spacial score (nSPS) is 24.7. The summed E-state index contributed by atoms with van der Waals surface area (Å²) in [4.78, 5) is 11.2. The van der Waals surface area contributed by atoms with Gasteiger partial charge < -0.3 is 15.2 Å². The number of rotatable bonds is 7. The summed E-state index contributed by atoms with van der Waals surface area (Å²) in [6.45, 7) is 7.19. The van der Waals surface area contributed by atoms with Crippen LogP contribution < -0.4 is 10.1 Å². The van der Waals surface area contributed by atoms with Crippen LogP contribution in [0.4, 0.5) is 13.2 Å². The van der Waals surface area contributed by atoms with Crippen LogP contribution in [0.2, 0.25) is 0 Å². The number of benzene rings is 2. The molecule has 2 aromatic rings. The molecule has 2 aliphatic rings. The van der Waals surface area contributed by atoms with Crippen molar-refractivity contribution in [2.45, 2.75) is 90.6 Å². The third kappa shape index (κ3) is 7.07. The molecule has 0 radical (unpaired) electrons. The van der Waals surface area contributed by atoms with E-state index in [1.165, 1.54) is 12.1 Å². The number of hydrogen-bond donors (Lipinski definition) is 2. The number of ether oxygens (including phenoxy) is 1. The predicted molar refractivity (Wildman–Crippen MR) is 138 cm³/mol. The Labute approximate surface area is 217 Å². The topological polar surface area (TPSA) is 58.6 Å². The Kier molecular flexibility index (Phi) is 8.22. The molecule has 2 atom stereocenters. The van der Waals surface area contributed by atoms with E-state index in [2.05, 4.69) is 26.1 Å². The Bertz CT molecular complexity index is 1080. The van der Waals surface area contributed by atoms with Gasteiger partial charge in [0.1, 0.15) is 5.75 Å². The highest BCUT2D eigenvalue weighted by Gasteiger charge is 2.37. The first kappa shape index (κ1) is 27.5. The second-order valence-corrected chi connectivity index (χ2v) is 11.8. The maximum absolute atomic E-state index is 14.0. The molecule has 7 heteroatoms. The van der Waals surface area contributed by atoms with Crippen LogP contribution in [-0.4, -0.2) is 23.2 Å². The first-order chi connectivity index (χ1) is 17.4. The van der Waals surface area contributed by atoms with Crippen LogP contribution in [0.5, 0.6) is 5.75 Å². The van der Waals surface area contributed by atoms with Crippen LogP contribution >= 0.6 is 0 Å². The molecule has 0 bridgehead atoms. The average Bonchev–Trinajstić information content (AvgIpc) is 3.32. The fourth-order valence-electron chi connectivity index (χ4n) is 5.77. The van der Waals surface area contributed by atoms with Crippen molar-refractivity contribution >= 4 is 5.97 Å². The van der Waals surface area contributed by atoms with Gasteiger partial charge in [0.25, 0.3) is 0 Å². The monoisotopic (exact) mass is 517 g/mol. The molecular formula is C30H38F3NO3. The first-order valence-electron chi connectivity index (χ1n) is 13.3. The summed E-state index contributed by atoms with van der Waals surface area (Å²) in [5.41, 5.74) is 1.60. The molecule has 2 N–H and O–H groups in total. The Morgan fingerprint density at radius 1 is 0.973 bits per heavy atom. The zero-order valence-corrected chi connectivity index (χ0v) is 21.9. The smallest absolute Gasteiger partial charge is 0.419 e. The summed E-state index contributed by atoms with van der Waals surface area (Å²) < 4.78 is 48.1. The van der Waals surface area contributed by atoms with Gasteiger partial charge in [-0.3, -0.25) is 4.79 Å². The van der Waals surface area contributed by atoms with Crippen molar-refractivity contribution < 1.29 is 27.8 Å². The van der Waals surface area contributed by atoms with E-state index in [9.17, 15) is 23.1 Å². The van der Waals surface area contributed by atoms with Crippen LogP contribution in [0.25, 0.3) is 11.1 Å². The average molecular weight is 518 g/mol. The lowest BCUT2D eigenvalue weighted by atomic mass is 9.72. The number of hydrogen-bond acceptors (Lipinski definition) is 3. The van der Waals surface area contributed by atoms with E-state index in [0.29, 0.717) is 36.4 Å². The van der Waals surface area contributed by atoms with Crippen molar-refractivity contribution in [3.05, 3.63) is 53.6 Å². The maximum Gasteiger partial charge on any atom is 0.419 e. The number of nitrogens with one attached hydrogen (secondary N) is 1. The molecule has 0 aliphatic heterocycles. The Balaban J connectivity index is 1.45. The number of aliphatic carboxylic acids is 1. The van der Waals surface area contributed by atoms with Gasteiger partial charge in [0.05, 0.1) is 17.6 Å². The molecule has 2 unspecified atom stereocenters. The summed E-state index contributed by atoms with van der Waals surface area (Å²) in [5.74, 6) is -0.594. The van der Waals surface area contributed by atoms with Crippen molar-refractivity contribution in [3.63, 3.8) is 0 Å². The second-order valence-electron chi connectivity index (χ2n) is 11.8. The summed E-state index contributed by atoms with van der Waals surface area (Å²) in [7, 11) is 0. The highest BCUT2D eigenvalue weighted by Crippen LogP contribution is 2.42. The largest absolute Gasteiger partial charge is 0.490 e. The van der Waals surface area contributed by atoms with Crippen molar-refractivity contribution in [2.24, 2.45) is 17.3 Å². The molecule has 37 heavy (non-hydrogen) atoms. The Morgan fingerprint density at radius 3 is 2.30 bits per heavy atom. The van der Waals surface area contributed by atoms with Gasteiger partial charge in [0.15, 0.2) is 0 Å². The fraction of sp³-hybridized carbons (Fsp3) is 0.567. The van der Waals surface area contributed by atoms with E-state index in [0.717, 1.165) is 37.7 Å². The molecule has 0 heterocycles. The predicted octanol–water partition coefficient (Wildman–Crippen LogP) is 7.70. The van der Waals surface area contributed by atoms with E-state index in [1.807, 2.05) is 24.3 Å². The standard InChI is InChI=1S/C30H38F3NO3/c1-29(2,3)23-9-12-25(13-10-23)37-27-14-8-21(17-26(27)30(31,32)33)20-6-4-5-19(15-20)18-34-24-11-7-22(16-24)28(35)36/h4-6,8,14-15,17,22-25,34H,7,9-13,16,18H2,1-3H3,(H,35,36). The fourth-order valence-corrected chi connectivity index (χ4v) is 5.77. The van der Waals surface area contributed by atoms with Gasteiger partial charge >= 0.3 is 12.1 Å². The molecule has 0 saturated heterocycles. The van der Waals surface area contributed by atoms with Gasteiger partial charge in [-0.05, 0) is 91.2 Å². The van der Waals surface area contributed by atoms with E-state index in [4.69, 9.17) is 4.74 Å². The zero-order chi connectivity index (χ0) is 26.8. The lowest BCUT2D eigenvalue weighted by Crippen LogP contribution is -2.30. The molecule has 2 saturated carbocycles. The van der Waals surface area contributed by atoms with Crippen molar-refractivity contribution in [1.82, 2.24) is 5.32 Å². The highest BCUT2D eigenvalue weighted by atomic mass is 19.4. The first-order valence-corrected chi connectivity index (χ1v) is 13.3. The molecular weight excluding hydrogens is 479 g/mol. The molecule has 0 spiro atoms.